The van der Waals surface area contributed by atoms with Gasteiger partial charge in [0.2, 0.25) is 0 Å². The summed E-state index contributed by atoms with van der Waals surface area (Å²) in [6.45, 7) is 5.20. The van der Waals surface area contributed by atoms with Crippen LogP contribution in [0.15, 0.2) is 59.6 Å². The van der Waals surface area contributed by atoms with Crippen LogP contribution >= 0.6 is 24.0 Å². The van der Waals surface area contributed by atoms with Crippen molar-refractivity contribution >= 4 is 40.8 Å². The maximum Gasteiger partial charge on any atom is 0.194 e. The fraction of sp³-hybridized carbons (Fsp3) is 0.318. The first-order valence-electron chi connectivity index (χ1n) is 9.44. The number of ether oxygens (including phenoxy) is 1. The molecule has 0 spiro atoms. The number of guanidine groups is 1. The van der Waals surface area contributed by atoms with E-state index in [0.29, 0.717) is 13.2 Å². The van der Waals surface area contributed by atoms with Crippen molar-refractivity contribution in [1.82, 2.24) is 15.2 Å². The van der Waals surface area contributed by atoms with Gasteiger partial charge in [-0.15, -0.1) is 24.0 Å². The monoisotopic (exact) mass is 490 g/mol. The van der Waals surface area contributed by atoms with Crippen LogP contribution in [0.2, 0.25) is 0 Å². The average Bonchev–Trinajstić information content (AvgIpc) is 3.12. The molecule has 2 heterocycles. The second kappa shape index (κ2) is 9.43. The summed E-state index contributed by atoms with van der Waals surface area (Å²) in [6, 6.07) is 19.0. The number of benzene rings is 2. The number of aryl methyl sites for hydroxylation is 1. The number of fused-ring (bicyclic) bond motifs is 1. The zero-order valence-electron chi connectivity index (χ0n) is 16.3. The van der Waals surface area contributed by atoms with Gasteiger partial charge in [-0.25, -0.2) is 0 Å². The molecule has 0 aliphatic carbocycles. The Labute approximate surface area is 183 Å². The summed E-state index contributed by atoms with van der Waals surface area (Å²) in [7, 11) is 1.84. The Morgan fingerprint density at radius 2 is 2.00 bits per heavy atom. The Kier molecular flexibility index (Phi) is 6.96. The van der Waals surface area contributed by atoms with E-state index in [4.69, 9.17) is 4.74 Å². The van der Waals surface area contributed by atoms with Gasteiger partial charge in [0.1, 0.15) is 6.10 Å². The molecule has 5 nitrogen and oxygen atoms in total. The third-order valence-corrected chi connectivity index (χ3v) is 5.14. The van der Waals surface area contributed by atoms with Gasteiger partial charge in [-0.3, -0.25) is 4.99 Å². The Morgan fingerprint density at radius 1 is 1.21 bits per heavy atom. The number of aromatic nitrogens is 1. The standard InChI is InChI=1S/C22H26N4O.HI/c1-16-7-3-5-9-19(16)21-15-26(11-12-27-21)22(23-2)24-14-18-13-17-8-4-6-10-20(17)25-18;/h3-10,13,21,25H,11-12,14-15H2,1-2H3,(H,23,24);1H. The summed E-state index contributed by atoms with van der Waals surface area (Å²) < 4.78 is 6.04. The van der Waals surface area contributed by atoms with E-state index in [1.807, 2.05) is 7.05 Å². The van der Waals surface area contributed by atoms with Crippen LogP contribution < -0.4 is 5.32 Å². The number of rotatable bonds is 3. The average molecular weight is 490 g/mol. The second-order valence-corrected chi connectivity index (χ2v) is 6.94. The molecule has 3 aromatic rings. The van der Waals surface area contributed by atoms with Crippen molar-refractivity contribution < 1.29 is 4.74 Å². The van der Waals surface area contributed by atoms with E-state index in [1.54, 1.807) is 0 Å². The van der Waals surface area contributed by atoms with E-state index in [1.165, 1.54) is 16.5 Å². The molecule has 1 saturated heterocycles. The highest BCUT2D eigenvalue weighted by atomic mass is 127. The topological polar surface area (TPSA) is 52.7 Å². The molecular weight excluding hydrogens is 463 g/mol. The number of H-pyrrole nitrogens is 1. The highest BCUT2D eigenvalue weighted by Gasteiger charge is 2.25. The Balaban J connectivity index is 0.00000225. The number of nitrogens with one attached hydrogen (secondary N) is 2. The lowest BCUT2D eigenvalue weighted by Crippen LogP contribution is -2.48. The van der Waals surface area contributed by atoms with Crippen LogP contribution in [0.25, 0.3) is 10.9 Å². The van der Waals surface area contributed by atoms with Gasteiger partial charge in [-0.05, 0) is 35.6 Å². The smallest absolute Gasteiger partial charge is 0.194 e. The quantitative estimate of drug-likeness (QED) is 0.328. The molecule has 0 bridgehead atoms. The van der Waals surface area contributed by atoms with Gasteiger partial charge in [0.25, 0.3) is 0 Å². The van der Waals surface area contributed by atoms with Gasteiger partial charge in [0.15, 0.2) is 5.96 Å². The molecule has 4 rings (SSSR count). The van der Waals surface area contributed by atoms with Gasteiger partial charge in [0.05, 0.1) is 19.7 Å². The molecule has 1 aliphatic rings. The van der Waals surface area contributed by atoms with Crippen LogP contribution in [0, 0.1) is 6.92 Å². The van der Waals surface area contributed by atoms with Crippen LogP contribution in [-0.2, 0) is 11.3 Å². The number of para-hydroxylation sites is 1. The van der Waals surface area contributed by atoms with Crippen molar-refractivity contribution in [3.05, 3.63) is 71.4 Å². The third kappa shape index (κ3) is 4.50. The Hall–Kier alpha value is -2.06. The maximum atomic E-state index is 6.04. The lowest BCUT2D eigenvalue weighted by molar-refractivity contribution is -0.00834. The van der Waals surface area contributed by atoms with Gasteiger partial charge >= 0.3 is 0 Å². The van der Waals surface area contributed by atoms with E-state index in [-0.39, 0.29) is 30.1 Å². The number of halogens is 1. The first-order chi connectivity index (χ1) is 13.2. The maximum absolute atomic E-state index is 6.04. The number of hydrogen-bond donors (Lipinski definition) is 2. The van der Waals surface area contributed by atoms with Gasteiger partial charge in [0, 0.05) is 24.8 Å². The van der Waals surface area contributed by atoms with E-state index in [2.05, 4.69) is 81.7 Å². The lowest BCUT2D eigenvalue weighted by Gasteiger charge is -2.35. The molecular formula is C22H27IN4O. The number of aromatic amines is 1. The van der Waals surface area contributed by atoms with E-state index in [9.17, 15) is 0 Å². The largest absolute Gasteiger partial charge is 0.370 e. The predicted octanol–water partition coefficient (Wildman–Crippen LogP) is 4.24. The molecule has 1 unspecified atom stereocenters. The van der Waals surface area contributed by atoms with E-state index < -0.39 is 0 Å². The van der Waals surface area contributed by atoms with Crippen molar-refractivity contribution in [2.75, 3.05) is 26.7 Å². The highest BCUT2D eigenvalue weighted by Crippen LogP contribution is 2.25. The normalized spacial score (nSPS) is 17.4. The van der Waals surface area contributed by atoms with Crippen LogP contribution in [0.4, 0.5) is 0 Å². The highest BCUT2D eigenvalue weighted by molar-refractivity contribution is 14.0. The minimum absolute atomic E-state index is 0. The number of hydrogen-bond acceptors (Lipinski definition) is 2. The summed E-state index contributed by atoms with van der Waals surface area (Å²) >= 11 is 0. The molecule has 0 amide bonds. The summed E-state index contributed by atoms with van der Waals surface area (Å²) in [5.74, 6) is 0.913. The number of aliphatic imine (C=N–C) groups is 1. The Bertz CT molecular complexity index is 919. The molecule has 1 aromatic heterocycles. The molecule has 148 valence electrons. The van der Waals surface area contributed by atoms with Gasteiger partial charge < -0.3 is 19.9 Å². The van der Waals surface area contributed by atoms with Crippen molar-refractivity contribution in [2.24, 2.45) is 4.99 Å². The summed E-state index contributed by atoms with van der Waals surface area (Å²) in [4.78, 5) is 10.2. The first kappa shape index (κ1) is 20.7. The zero-order valence-corrected chi connectivity index (χ0v) is 18.6. The number of nitrogens with zero attached hydrogens (tertiary/aromatic N) is 2. The van der Waals surface area contributed by atoms with Gasteiger partial charge in [-0.1, -0.05) is 42.5 Å². The lowest BCUT2D eigenvalue weighted by atomic mass is 10.0. The molecule has 0 saturated carbocycles. The Morgan fingerprint density at radius 3 is 2.79 bits per heavy atom. The summed E-state index contributed by atoms with van der Waals surface area (Å²) in [5.41, 5.74) is 4.84. The third-order valence-electron chi connectivity index (χ3n) is 5.14. The minimum Gasteiger partial charge on any atom is -0.370 e. The summed E-state index contributed by atoms with van der Waals surface area (Å²) in [6.07, 6.45) is 0.0755. The SMILES string of the molecule is CN=C(NCc1cc2ccccc2[nH]1)N1CCOC(c2ccccc2C)C1.I. The fourth-order valence-corrected chi connectivity index (χ4v) is 3.71. The van der Waals surface area contributed by atoms with Crippen molar-refractivity contribution in [3.8, 4) is 0 Å². The molecule has 1 aliphatic heterocycles. The molecule has 1 fully saturated rings. The molecule has 2 aromatic carbocycles. The summed E-state index contributed by atoms with van der Waals surface area (Å²) in [5, 5.41) is 4.72. The van der Waals surface area contributed by atoms with Crippen LogP contribution in [-0.4, -0.2) is 42.6 Å². The molecule has 28 heavy (non-hydrogen) atoms. The number of morpholine rings is 1. The second-order valence-electron chi connectivity index (χ2n) is 6.94. The predicted molar refractivity (Wildman–Crippen MR) is 125 cm³/mol. The van der Waals surface area contributed by atoms with Crippen LogP contribution in [0.1, 0.15) is 22.9 Å². The van der Waals surface area contributed by atoms with Gasteiger partial charge in [-0.2, -0.15) is 0 Å². The molecule has 6 heteroatoms. The van der Waals surface area contributed by atoms with E-state index in [0.717, 1.165) is 30.3 Å². The molecule has 0 radical (unpaired) electrons. The first-order valence-corrected chi connectivity index (χ1v) is 9.44. The van der Waals surface area contributed by atoms with Crippen molar-refractivity contribution in [2.45, 2.75) is 19.6 Å². The van der Waals surface area contributed by atoms with Crippen molar-refractivity contribution in [1.29, 1.82) is 0 Å². The molecule has 1 atom stereocenters. The fourth-order valence-electron chi connectivity index (χ4n) is 3.71. The van der Waals surface area contributed by atoms with Crippen LogP contribution in [0.3, 0.4) is 0 Å². The minimum atomic E-state index is 0. The van der Waals surface area contributed by atoms with Crippen LogP contribution in [0.5, 0.6) is 0 Å². The zero-order chi connectivity index (χ0) is 18.6. The van der Waals surface area contributed by atoms with E-state index >= 15 is 0 Å². The van der Waals surface area contributed by atoms with Crippen molar-refractivity contribution in [3.63, 3.8) is 0 Å². The molecule has 2 N–H and O–H groups in total.